The molecule has 5 aromatic rings. The lowest BCUT2D eigenvalue weighted by molar-refractivity contribution is -0.115. The number of furan rings is 1. The maximum Gasteiger partial charge on any atom is 0.250 e. The third-order valence-electron chi connectivity index (χ3n) is 5.87. The highest BCUT2D eigenvalue weighted by atomic mass is 32.1. The molecule has 0 atom stereocenters. The summed E-state index contributed by atoms with van der Waals surface area (Å²) in [5.41, 5.74) is 6.28. The molecule has 184 valence electrons. The van der Waals surface area contributed by atoms with Gasteiger partial charge in [0, 0.05) is 17.3 Å². The van der Waals surface area contributed by atoms with E-state index in [-0.39, 0.29) is 11.0 Å². The van der Waals surface area contributed by atoms with Gasteiger partial charge in [0.1, 0.15) is 22.6 Å². The van der Waals surface area contributed by atoms with E-state index in [1.54, 1.807) is 10.9 Å². The van der Waals surface area contributed by atoms with Gasteiger partial charge in [0.25, 0.3) is 0 Å². The summed E-state index contributed by atoms with van der Waals surface area (Å²) in [5, 5.41) is 15.1. The molecule has 0 aliphatic heterocycles. The van der Waals surface area contributed by atoms with Crippen LogP contribution in [0.4, 0.5) is 5.69 Å². The van der Waals surface area contributed by atoms with Gasteiger partial charge in [0.15, 0.2) is 5.11 Å². The van der Waals surface area contributed by atoms with Crippen LogP contribution in [0.2, 0.25) is 0 Å². The van der Waals surface area contributed by atoms with Crippen LogP contribution in [0.25, 0.3) is 34.1 Å². The summed E-state index contributed by atoms with van der Waals surface area (Å²) in [4.78, 5) is 14.0. The highest BCUT2D eigenvalue weighted by molar-refractivity contribution is 7.80. The Morgan fingerprint density at radius 1 is 1.00 bits per heavy atom. The van der Waals surface area contributed by atoms with Crippen molar-refractivity contribution in [2.45, 2.75) is 20.3 Å². The fraction of sp³-hybridized carbons (Fsp3) is 0.103. The molecule has 5 rings (SSSR count). The summed E-state index contributed by atoms with van der Waals surface area (Å²) in [6.45, 7) is 4.07. The van der Waals surface area contributed by atoms with Crippen LogP contribution in [0.5, 0.6) is 0 Å². The number of anilines is 1. The highest BCUT2D eigenvalue weighted by Gasteiger charge is 2.11. The van der Waals surface area contributed by atoms with Crippen LogP contribution >= 0.6 is 12.2 Å². The number of aryl methyl sites for hydroxylation is 2. The Hall–Kier alpha value is -4.56. The molecular weight excluding hydrogens is 482 g/mol. The minimum absolute atomic E-state index is 0.184. The van der Waals surface area contributed by atoms with Gasteiger partial charge in [-0.05, 0) is 79.2 Å². The molecule has 2 aromatic heterocycles. The molecule has 0 saturated heterocycles. The minimum atomic E-state index is -0.365. The molecule has 2 heterocycles. The van der Waals surface area contributed by atoms with Gasteiger partial charge in [-0.2, -0.15) is 4.80 Å². The molecule has 3 aromatic carbocycles. The summed E-state index contributed by atoms with van der Waals surface area (Å²) in [7, 11) is 0. The van der Waals surface area contributed by atoms with Gasteiger partial charge < -0.3 is 9.73 Å². The molecule has 0 radical (unpaired) electrons. The fourth-order valence-electron chi connectivity index (χ4n) is 3.85. The van der Waals surface area contributed by atoms with E-state index in [0.717, 1.165) is 40.2 Å². The number of rotatable bonds is 6. The van der Waals surface area contributed by atoms with Gasteiger partial charge in [-0.3, -0.25) is 10.1 Å². The number of nitrogens with zero attached hydrogens (tertiary/aromatic N) is 3. The maximum atomic E-state index is 12.4. The average Bonchev–Trinajstić information content (AvgIpc) is 3.55. The number of aromatic nitrogens is 3. The van der Waals surface area contributed by atoms with Crippen molar-refractivity contribution < 1.29 is 9.21 Å². The summed E-state index contributed by atoms with van der Waals surface area (Å²) in [6.07, 6.45) is 3.97. The quantitative estimate of drug-likeness (QED) is 0.214. The van der Waals surface area contributed by atoms with Gasteiger partial charge >= 0.3 is 0 Å². The second kappa shape index (κ2) is 10.6. The van der Waals surface area contributed by atoms with E-state index in [2.05, 4.69) is 39.9 Å². The number of fused-ring (bicyclic) bond motifs is 1. The number of amides is 1. The summed E-state index contributed by atoms with van der Waals surface area (Å²) >= 11 is 5.36. The van der Waals surface area contributed by atoms with Crippen LogP contribution in [0.1, 0.15) is 23.8 Å². The van der Waals surface area contributed by atoms with Crippen molar-refractivity contribution in [3.8, 4) is 17.0 Å². The first-order valence-corrected chi connectivity index (χ1v) is 12.3. The van der Waals surface area contributed by atoms with Crippen molar-refractivity contribution >= 4 is 46.0 Å². The number of benzene rings is 3. The zero-order chi connectivity index (χ0) is 25.8. The van der Waals surface area contributed by atoms with Crippen LogP contribution in [0.15, 0.2) is 89.4 Å². The first kappa shape index (κ1) is 24.1. The Morgan fingerprint density at radius 2 is 1.73 bits per heavy atom. The lowest BCUT2D eigenvalue weighted by Gasteiger charge is -2.10. The number of hydrogen-bond acceptors (Lipinski definition) is 5. The molecule has 0 bridgehead atoms. The lowest BCUT2D eigenvalue weighted by Crippen LogP contribution is -2.33. The first-order valence-electron chi connectivity index (χ1n) is 11.9. The Morgan fingerprint density at radius 3 is 2.46 bits per heavy atom. The van der Waals surface area contributed by atoms with Crippen molar-refractivity contribution in [3.05, 3.63) is 102 Å². The predicted molar refractivity (Wildman–Crippen MR) is 151 cm³/mol. The van der Waals surface area contributed by atoms with Crippen molar-refractivity contribution in [1.29, 1.82) is 0 Å². The SMILES string of the molecule is CCc1ccc(-n2nc3cc(C)c(NC(=S)NC(=O)/C=C/c4ccc(-c5ccccc5)o4)cc3n2)cc1. The van der Waals surface area contributed by atoms with Gasteiger partial charge in [0.05, 0.1) is 5.69 Å². The molecule has 37 heavy (non-hydrogen) atoms. The van der Waals surface area contributed by atoms with Gasteiger partial charge in [-0.1, -0.05) is 49.4 Å². The van der Waals surface area contributed by atoms with E-state index in [4.69, 9.17) is 16.6 Å². The number of carbonyl (C=O) groups is 1. The van der Waals surface area contributed by atoms with E-state index in [1.165, 1.54) is 11.6 Å². The minimum Gasteiger partial charge on any atom is -0.457 e. The molecular formula is C29H25N5O2S. The normalized spacial score (nSPS) is 11.2. The van der Waals surface area contributed by atoms with Crippen molar-refractivity contribution in [1.82, 2.24) is 20.3 Å². The zero-order valence-corrected chi connectivity index (χ0v) is 21.3. The molecule has 8 heteroatoms. The molecule has 0 fully saturated rings. The maximum absolute atomic E-state index is 12.4. The Kier molecular flexibility index (Phi) is 6.91. The van der Waals surface area contributed by atoms with E-state index in [1.807, 2.05) is 73.7 Å². The Bertz CT molecular complexity index is 1600. The number of thiocarbonyl (C=S) groups is 1. The largest absolute Gasteiger partial charge is 0.457 e. The van der Waals surface area contributed by atoms with E-state index >= 15 is 0 Å². The predicted octanol–water partition coefficient (Wildman–Crippen LogP) is 6.08. The molecule has 2 N–H and O–H groups in total. The molecule has 0 aliphatic rings. The number of nitrogens with one attached hydrogen (secondary N) is 2. The number of carbonyl (C=O) groups excluding carboxylic acids is 1. The van der Waals surface area contributed by atoms with Gasteiger partial charge in [-0.15, -0.1) is 10.2 Å². The molecule has 0 unspecified atom stereocenters. The standard InChI is InChI=1S/C29H25N5O2S/c1-3-20-9-11-22(12-10-20)34-32-25-17-19(2)24(18-26(25)33-34)30-29(37)31-28(35)16-14-23-13-15-27(36-23)21-7-5-4-6-8-21/h4-18H,3H2,1-2H3,(H2,30,31,35,37)/b16-14+. The topological polar surface area (TPSA) is 85.0 Å². The van der Waals surface area contributed by atoms with E-state index < -0.39 is 0 Å². The smallest absolute Gasteiger partial charge is 0.250 e. The average molecular weight is 508 g/mol. The third-order valence-corrected chi connectivity index (χ3v) is 6.08. The highest BCUT2D eigenvalue weighted by Crippen LogP contribution is 2.23. The van der Waals surface area contributed by atoms with Crippen LogP contribution in [-0.4, -0.2) is 26.0 Å². The Labute approximate surface area is 219 Å². The molecule has 0 aliphatic carbocycles. The van der Waals surface area contributed by atoms with E-state index in [9.17, 15) is 4.79 Å². The second-order valence-corrected chi connectivity index (χ2v) is 8.92. The van der Waals surface area contributed by atoms with Crippen LogP contribution in [0, 0.1) is 6.92 Å². The van der Waals surface area contributed by atoms with Crippen molar-refractivity contribution in [3.63, 3.8) is 0 Å². The first-order chi connectivity index (χ1) is 18.0. The fourth-order valence-corrected chi connectivity index (χ4v) is 4.06. The van der Waals surface area contributed by atoms with Crippen molar-refractivity contribution in [2.75, 3.05) is 5.32 Å². The summed E-state index contributed by atoms with van der Waals surface area (Å²) in [6, 6.07) is 25.4. The molecule has 0 spiro atoms. The summed E-state index contributed by atoms with van der Waals surface area (Å²) < 4.78 is 5.79. The number of hydrogen-bond donors (Lipinski definition) is 2. The Balaban J connectivity index is 1.23. The molecule has 1 amide bonds. The second-order valence-electron chi connectivity index (χ2n) is 8.51. The lowest BCUT2D eigenvalue weighted by atomic mass is 10.2. The van der Waals surface area contributed by atoms with E-state index in [0.29, 0.717) is 11.3 Å². The molecule has 0 saturated carbocycles. The van der Waals surface area contributed by atoms with Crippen molar-refractivity contribution in [2.24, 2.45) is 0 Å². The van der Waals surface area contributed by atoms with Gasteiger partial charge in [0.2, 0.25) is 5.91 Å². The summed E-state index contributed by atoms with van der Waals surface area (Å²) in [5.74, 6) is 0.940. The third kappa shape index (κ3) is 5.65. The van der Waals surface area contributed by atoms with Crippen LogP contribution in [0.3, 0.4) is 0 Å². The molecule has 7 nitrogen and oxygen atoms in total. The van der Waals surface area contributed by atoms with Crippen LogP contribution in [-0.2, 0) is 11.2 Å². The van der Waals surface area contributed by atoms with Gasteiger partial charge in [-0.25, -0.2) is 0 Å². The van der Waals surface area contributed by atoms with Crippen LogP contribution < -0.4 is 10.6 Å². The monoisotopic (exact) mass is 507 g/mol. The zero-order valence-electron chi connectivity index (χ0n) is 20.4.